The third-order valence-corrected chi connectivity index (χ3v) is 12.5. The van der Waals surface area contributed by atoms with Crippen LogP contribution in [0.3, 0.4) is 0 Å². The first-order valence-electron chi connectivity index (χ1n) is 29.7. The van der Waals surface area contributed by atoms with Crippen LogP contribution >= 0.6 is 0 Å². The van der Waals surface area contributed by atoms with Crippen LogP contribution in [0.2, 0.25) is 0 Å². The zero-order valence-electron chi connectivity index (χ0n) is 57.4. The Morgan fingerprint density at radius 1 is 0.375 bits per heavy atom. The molecule has 10 aromatic rings. The van der Waals surface area contributed by atoms with Gasteiger partial charge < -0.3 is 23.3 Å². The molecule has 476 valence electrons. The van der Waals surface area contributed by atoms with Crippen molar-refractivity contribution in [1.29, 1.82) is 0 Å². The molecule has 0 bridgehead atoms. The summed E-state index contributed by atoms with van der Waals surface area (Å²) in [7, 11) is 3.22. The van der Waals surface area contributed by atoms with Crippen LogP contribution < -0.4 is 14.2 Å². The Bertz CT molecular complexity index is 3340. The van der Waals surface area contributed by atoms with E-state index in [1.54, 1.807) is 38.9 Å². The van der Waals surface area contributed by atoms with Crippen molar-refractivity contribution in [3.8, 4) is 45.5 Å². The molecule has 88 heavy (non-hydrogen) atoms. The summed E-state index contributed by atoms with van der Waals surface area (Å²) < 4.78 is 35.4. The first kappa shape index (κ1) is 71.9. The molecular formula is C70H101N13O5. The van der Waals surface area contributed by atoms with Gasteiger partial charge >= 0.3 is 0 Å². The zero-order chi connectivity index (χ0) is 65.9. The Hall–Kier alpha value is -8.54. The topological polar surface area (TPSA) is 182 Å². The number of hydrogen-bond acceptors (Lipinski definition) is 13. The molecule has 0 unspecified atom stereocenters. The third kappa shape index (κ3) is 24.3. The quantitative estimate of drug-likeness (QED) is 0.153. The number of methoxy groups -OCH3 is 2. The van der Waals surface area contributed by atoms with E-state index in [1.807, 2.05) is 140 Å². The minimum Gasteiger partial charge on any atom is -0.493 e. The van der Waals surface area contributed by atoms with E-state index in [2.05, 4.69) is 218 Å². The second-order valence-corrected chi connectivity index (χ2v) is 28.2. The van der Waals surface area contributed by atoms with Crippen LogP contribution in [0.1, 0.15) is 168 Å². The van der Waals surface area contributed by atoms with Gasteiger partial charge in [-0.1, -0.05) is 101 Å². The summed E-state index contributed by atoms with van der Waals surface area (Å²) in [5, 5.41) is 28.9. The Morgan fingerprint density at radius 3 is 1.16 bits per heavy atom. The molecule has 0 aliphatic rings. The first-order valence-corrected chi connectivity index (χ1v) is 29.7. The van der Waals surface area contributed by atoms with Crippen molar-refractivity contribution < 1.29 is 23.3 Å². The molecule has 0 saturated heterocycles. The Kier molecular flexibility index (Phi) is 25.2. The van der Waals surface area contributed by atoms with Gasteiger partial charge in [0, 0.05) is 58.9 Å². The molecule has 18 heteroatoms. The van der Waals surface area contributed by atoms with Crippen molar-refractivity contribution in [1.82, 2.24) is 64.2 Å². The molecule has 0 radical (unpaired) electrons. The molecule has 0 spiro atoms. The maximum atomic E-state index is 5.67. The third-order valence-electron chi connectivity index (χ3n) is 12.5. The van der Waals surface area contributed by atoms with Crippen molar-refractivity contribution in [2.75, 3.05) is 14.2 Å². The van der Waals surface area contributed by atoms with Crippen molar-refractivity contribution in [3.63, 3.8) is 0 Å². The smallest absolute Gasteiger partial charge is 0.254 e. The van der Waals surface area contributed by atoms with Crippen LogP contribution in [0.15, 0.2) is 168 Å². The van der Waals surface area contributed by atoms with Crippen LogP contribution in [0.4, 0.5) is 0 Å². The van der Waals surface area contributed by atoms with E-state index in [9.17, 15) is 0 Å². The normalized spacial score (nSPS) is 11.7. The van der Waals surface area contributed by atoms with Gasteiger partial charge in [-0.05, 0) is 158 Å². The molecular weight excluding hydrogens is 1100 g/mol. The lowest BCUT2D eigenvalue weighted by Gasteiger charge is -2.18. The summed E-state index contributed by atoms with van der Waals surface area (Å²) in [6.45, 7) is 48.3. The van der Waals surface area contributed by atoms with E-state index in [0.717, 1.165) is 45.7 Å². The zero-order valence-corrected chi connectivity index (χ0v) is 57.4. The number of aromatic nitrogens is 13. The van der Waals surface area contributed by atoms with Gasteiger partial charge in [-0.3, -0.25) is 28.4 Å². The van der Waals surface area contributed by atoms with E-state index in [1.165, 1.54) is 16.7 Å². The molecule has 0 aliphatic heterocycles. The van der Waals surface area contributed by atoms with Crippen LogP contribution in [-0.2, 0) is 38.5 Å². The number of para-hydroxylation sites is 1. The van der Waals surface area contributed by atoms with Crippen LogP contribution in [0.25, 0.3) is 22.4 Å². The van der Waals surface area contributed by atoms with E-state index in [-0.39, 0.29) is 38.5 Å². The molecule has 0 atom stereocenters. The average Bonchev–Trinajstić information content (AvgIpc) is 2.78. The molecule has 0 amide bonds. The Morgan fingerprint density at radius 2 is 0.795 bits per heavy atom. The highest BCUT2D eigenvalue weighted by molar-refractivity contribution is 5.61. The molecule has 0 N–H and O–H groups in total. The summed E-state index contributed by atoms with van der Waals surface area (Å²) in [6, 6.07) is 29.7. The van der Waals surface area contributed by atoms with Crippen molar-refractivity contribution in [2.45, 2.75) is 198 Å². The summed E-state index contributed by atoms with van der Waals surface area (Å²) in [5.74, 6) is 4.73. The lowest BCUT2D eigenvalue weighted by atomic mass is 9.93. The molecule has 8 aromatic heterocycles. The van der Waals surface area contributed by atoms with E-state index in [0.29, 0.717) is 5.88 Å². The largest absolute Gasteiger partial charge is 0.493 e. The molecule has 0 saturated carbocycles. The van der Waals surface area contributed by atoms with E-state index < -0.39 is 0 Å². The van der Waals surface area contributed by atoms with Crippen molar-refractivity contribution in [2.24, 2.45) is 0 Å². The number of hydrogen-bond donors (Lipinski definition) is 0. The van der Waals surface area contributed by atoms with Crippen molar-refractivity contribution >= 4 is 0 Å². The van der Waals surface area contributed by atoms with Gasteiger partial charge in [0.2, 0.25) is 0 Å². The summed E-state index contributed by atoms with van der Waals surface area (Å²) in [4.78, 5) is 4.29. The summed E-state index contributed by atoms with van der Waals surface area (Å²) >= 11 is 0. The minimum absolute atomic E-state index is 0.00375. The fourth-order valence-electron chi connectivity index (χ4n) is 7.16. The molecule has 8 heterocycles. The molecule has 2 aromatic carbocycles. The van der Waals surface area contributed by atoms with Gasteiger partial charge in [-0.15, -0.1) is 0 Å². The highest BCUT2D eigenvalue weighted by atomic mass is 16.5. The SMILES string of the molecule is CC(C)(C)n1cc(-c2ccccc2)cn1.CC(C)(C)n1cc(-c2ccccn2)cn1.CC(C)(C)n1cc(Oc2ccccc2)cn1.COc1cc(C(C)(C)C)on1.COc1cnn(C(C)(C)C)c1.Cc1cc(C(C)(C)C)on1.Cc1cnn(C(C)(C)C)c1. The van der Waals surface area contributed by atoms with Gasteiger partial charge in [0.05, 0.1) is 96.7 Å². The van der Waals surface area contributed by atoms with Gasteiger partial charge in [0.15, 0.2) is 11.5 Å². The second-order valence-electron chi connectivity index (χ2n) is 28.2. The lowest BCUT2D eigenvalue weighted by molar-refractivity contribution is 0.301. The predicted octanol–water partition coefficient (Wildman–Crippen LogP) is 17.3. The number of pyridine rings is 1. The predicted molar refractivity (Wildman–Crippen MR) is 354 cm³/mol. The van der Waals surface area contributed by atoms with E-state index in [4.69, 9.17) is 23.3 Å². The maximum Gasteiger partial charge on any atom is 0.254 e. The van der Waals surface area contributed by atoms with Crippen LogP contribution in [0.5, 0.6) is 23.1 Å². The number of rotatable bonds is 6. The summed E-state index contributed by atoms with van der Waals surface area (Å²) in [5.41, 5.74) is 6.88. The van der Waals surface area contributed by atoms with Gasteiger partial charge in [0.25, 0.3) is 5.88 Å². The fraction of sp³-hybridized carbons (Fsp3) is 0.457. The van der Waals surface area contributed by atoms with Crippen LogP contribution in [0, 0.1) is 13.8 Å². The molecule has 0 fully saturated rings. The number of nitrogens with zero attached hydrogens (tertiary/aromatic N) is 13. The first-order chi connectivity index (χ1) is 40.8. The maximum absolute atomic E-state index is 5.67. The summed E-state index contributed by atoms with van der Waals surface area (Å²) in [6.07, 6.45) is 20.9. The molecule has 0 aliphatic carbocycles. The highest BCUT2D eigenvalue weighted by Crippen LogP contribution is 2.27. The Balaban J connectivity index is 0.000000221. The lowest BCUT2D eigenvalue weighted by Crippen LogP contribution is -2.21. The number of benzene rings is 2. The van der Waals surface area contributed by atoms with Gasteiger partial charge in [-0.2, -0.15) is 25.5 Å². The average molecular weight is 1200 g/mol. The van der Waals surface area contributed by atoms with E-state index >= 15 is 0 Å². The fourth-order valence-corrected chi connectivity index (χ4v) is 7.16. The Labute approximate surface area is 524 Å². The monoisotopic (exact) mass is 1200 g/mol. The second kappa shape index (κ2) is 30.9. The van der Waals surface area contributed by atoms with Crippen LogP contribution in [-0.4, -0.2) is 78.4 Å². The van der Waals surface area contributed by atoms with Gasteiger partial charge in [-0.25, -0.2) is 0 Å². The number of aryl methyl sites for hydroxylation is 2. The standard InChI is InChI=1S/C13H16N2O.C13H16N2.C12H15N3.C8H14N2O.C8H14N2.C8H13NO2.C8H13NO/c1-13(2,3)15-10-12(9-14-15)16-11-7-5-4-6-8-11;1-13(2,3)15-10-12(9-14-15)11-7-5-4-6-8-11;1-12(2,3)15-9-10(8-14-15)11-6-4-5-7-13-11;1-8(2,3)10-6-7(11-4)5-9-10;1-7-5-9-10(6-7)8(2,3)4;1-8(2,3)6-5-7(10-4)9-11-6;1-6-5-7(10-9-6)8(2,3)4/h4-10H,1-3H3;4-10H,1-3H3;4-9H,1-3H3;5-6H,1-4H3;5-6H,1-4H3;5H,1-4H3;5H,1-4H3. The van der Waals surface area contributed by atoms with Crippen molar-refractivity contribution in [3.05, 3.63) is 182 Å². The van der Waals surface area contributed by atoms with Gasteiger partial charge in [0.1, 0.15) is 17.3 Å². The molecule has 10 rings (SSSR count). The minimum atomic E-state index is -0.0156. The molecule has 18 nitrogen and oxygen atoms in total. The highest BCUT2D eigenvalue weighted by Gasteiger charge is 2.21. The number of ether oxygens (including phenoxy) is 3.